The fourth-order valence-corrected chi connectivity index (χ4v) is 1.93. The lowest BCUT2D eigenvalue weighted by Crippen LogP contribution is -2.13. The summed E-state index contributed by atoms with van der Waals surface area (Å²) in [6, 6.07) is 7.25. The molecule has 0 unspecified atom stereocenters. The largest absolute Gasteiger partial charge is 0.508 e. The Morgan fingerprint density at radius 1 is 1.22 bits per heavy atom. The molecule has 0 radical (unpaired) electrons. The molecule has 0 aliphatic heterocycles. The van der Waals surface area contributed by atoms with Crippen LogP contribution in [0.5, 0.6) is 5.75 Å². The van der Waals surface area contributed by atoms with E-state index in [4.69, 9.17) is 0 Å². The number of aromatic nitrogens is 2. The Balaban J connectivity index is 1.88. The van der Waals surface area contributed by atoms with Crippen LogP contribution in [0.3, 0.4) is 0 Å². The monoisotopic (exact) mass is 245 g/mol. The van der Waals surface area contributed by atoms with Gasteiger partial charge in [-0.2, -0.15) is 5.10 Å². The summed E-state index contributed by atoms with van der Waals surface area (Å²) in [4.78, 5) is 0. The molecule has 2 N–H and O–H groups in total. The molecule has 4 heteroatoms. The number of rotatable bonds is 5. The second-order valence-corrected chi connectivity index (χ2v) is 4.34. The Morgan fingerprint density at radius 2 is 1.94 bits per heavy atom. The highest BCUT2D eigenvalue weighted by Crippen LogP contribution is 2.10. The maximum absolute atomic E-state index is 9.19. The van der Waals surface area contributed by atoms with Crippen molar-refractivity contribution in [3.63, 3.8) is 0 Å². The van der Waals surface area contributed by atoms with Crippen LogP contribution in [0.2, 0.25) is 0 Å². The van der Waals surface area contributed by atoms with E-state index in [1.165, 1.54) is 11.3 Å². The molecule has 0 aliphatic carbocycles. The zero-order chi connectivity index (χ0) is 13.0. The number of nitrogens with zero attached hydrogens (tertiary/aromatic N) is 2. The summed E-state index contributed by atoms with van der Waals surface area (Å²) in [5.74, 6) is 0.304. The highest BCUT2D eigenvalue weighted by Gasteiger charge is 2.04. The van der Waals surface area contributed by atoms with Crippen molar-refractivity contribution in [1.29, 1.82) is 0 Å². The first-order chi connectivity index (χ1) is 8.70. The SMILES string of the molecule is CCn1ncc(CNCc2ccc(O)cc2)c1C. The predicted octanol–water partition coefficient (Wildman–Crippen LogP) is 2.21. The van der Waals surface area contributed by atoms with E-state index in [0.29, 0.717) is 5.75 Å². The van der Waals surface area contributed by atoms with Gasteiger partial charge in [0.05, 0.1) is 6.20 Å². The number of hydrogen-bond acceptors (Lipinski definition) is 3. The molecule has 96 valence electrons. The topological polar surface area (TPSA) is 50.1 Å². The molecule has 0 atom stereocenters. The first-order valence-corrected chi connectivity index (χ1v) is 6.20. The smallest absolute Gasteiger partial charge is 0.115 e. The van der Waals surface area contributed by atoms with Gasteiger partial charge < -0.3 is 10.4 Å². The van der Waals surface area contributed by atoms with Gasteiger partial charge in [-0.25, -0.2) is 0 Å². The minimum Gasteiger partial charge on any atom is -0.508 e. The Morgan fingerprint density at radius 3 is 2.56 bits per heavy atom. The van der Waals surface area contributed by atoms with Crippen LogP contribution in [-0.2, 0) is 19.6 Å². The van der Waals surface area contributed by atoms with E-state index in [-0.39, 0.29) is 0 Å². The summed E-state index contributed by atoms with van der Waals surface area (Å²) < 4.78 is 2.00. The number of benzene rings is 1. The number of aryl methyl sites for hydroxylation is 1. The molecule has 0 saturated carbocycles. The molecule has 0 aliphatic rings. The molecular weight excluding hydrogens is 226 g/mol. The van der Waals surface area contributed by atoms with Crippen molar-refractivity contribution >= 4 is 0 Å². The zero-order valence-corrected chi connectivity index (χ0v) is 10.8. The van der Waals surface area contributed by atoms with Crippen LogP contribution in [0.4, 0.5) is 0 Å². The van der Waals surface area contributed by atoms with Crippen LogP contribution in [0.15, 0.2) is 30.5 Å². The molecule has 0 saturated heterocycles. The van der Waals surface area contributed by atoms with Crippen molar-refractivity contribution in [3.8, 4) is 5.75 Å². The van der Waals surface area contributed by atoms with Crippen LogP contribution < -0.4 is 5.32 Å². The fraction of sp³-hybridized carbons (Fsp3) is 0.357. The fourth-order valence-electron chi connectivity index (χ4n) is 1.93. The summed E-state index contributed by atoms with van der Waals surface area (Å²) in [5, 5.41) is 16.9. The molecule has 2 rings (SSSR count). The van der Waals surface area contributed by atoms with Crippen molar-refractivity contribution < 1.29 is 5.11 Å². The van der Waals surface area contributed by atoms with E-state index in [1.807, 2.05) is 23.0 Å². The summed E-state index contributed by atoms with van der Waals surface area (Å²) in [5.41, 5.74) is 3.61. The van der Waals surface area contributed by atoms with Crippen LogP contribution in [0.1, 0.15) is 23.7 Å². The van der Waals surface area contributed by atoms with Gasteiger partial charge in [0.2, 0.25) is 0 Å². The third-order valence-electron chi connectivity index (χ3n) is 3.09. The first-order valence-electron chi connectivity index (χ1n) is 6.20. The van der Waals surface area contributed by atoms with Crippen molar-refractivity contribution in [2.24, 2.45) is 0 Å². The Labute approximate surface area is 107 Å². The van der Waals surface area contributed by atoms with E-state index in [2.05, 4.69) is 24.3 Å². The van der Waals surface area contributed by atoms with Gasteiger partial charge in [0.1, 0.15) is 5.75 Å². The summed E-state index contributed by atoms with van der Waals surface area (Å²) >= 11 is 0. The van der Waals surface area contributed by atoms with Gasteiger partial charge in [-0.05, 0) is 31.5 Å². The first kappa shape index (κ1) is 12.6. The molecule has 4 nitrogen and oxygen atoms in total. The van der Waals surface area contributed by atoms with Gasteiger partial charge in [-0.3, -0.25) is 4.68 Å². The van der Waals surface area contributed by atoms with Gasteiger partial charge >= 0.3 is 0 Å². The Bertz CT molecular complexity index is 502. The molecule has 1 heterocycles. The number of aromatic hydroxyl groups is 1. The summed E-state index contributed by atoms with van der Waals surface area (Å²) in [6.45, 7) is 6.69. The maximum Gasteiger partial charge on any atom is 0.115 e. The lowest BCUT2D eigenvalue weighted by molar-refractivity contribution is 0.475. The third-order valence-corrected chi connectivity index (χ3v) is 3.09. The maximum atomic E-state index is 9.19. The normalized spacial score (nSPS) is 10.8. The predicted molar refractivity (Wildman–Crippen MR) is 71.3 cm³/mol. The lowest BCUT2D eigenvalue weighted by Gasteiger charge is -2.05. The lowest BCUT2D eigenvalue weighted by atomic mass is 10.2. The molecule has 2 aromatic rings. The average molecular weight is 245 g/mol. The number of hydrogen-bond donors (Lipinski definition) is 2. The highest BCUT2D eigenvalue weighted by molar-refractivity contribution is 5.25. The second-order valence-electron chi connectivity index (χ2n) is 4.34. The third kappa shape index (κ3) is 2.90. The van der Waals surface area contributed by atoms with Gasteiger partial charge in [-0.1, -0.05) is 12.1 Å². The standard InChI is InChI=1S/C14H19N3O/c1-3-17-11(2)13(10-16-17)9-15-8-12-4-6-14(18)7-5-12/h4-7,10,15,18H,3,8-9H2,1-2H3. The summed E-state index contributed by atoms with van der Waals surface area (Å²) in [7, 11) is 0. The number of phenolic OH excluding ortho intramolecular Hbond substituents is 1. The van der Waals surface area contributed by atoms with Crippen LogP contribution in [-0.4, -0.2) is 14.9 Å². The molecule has 0 fully saturated rings. The number of nitrogens with one attached hydrogen (secondary N) is 1. The average Bonchev–Trinajstić information content (AvgIpc) is 2.73. The van der Waals surface area contributed by atoms with E-state index in [1.54, 1.807) is 12.1 Å². The van der Waals surface area contributed by atoms with E-state index in [9.17, 15) is 5.11 Å². The van der Waals surface area contributed by atoms with E-state index in [0.717, 1.165) is 25.2 Å². The molecule has 0 spiro atoms. The Kier molecular flexibility index (Phi) is 3.99. The van der Waals surface area contributed by atoms with Crippen LogP contribution in [0, 0.1) is 6.92 Å². The van der Waals surface area contributed by atoms with Gasteiger partial charge in [-0.15, -0.1) is 0 Å². The van der Waals surface area contributed by atoms with E-state index >= 15 is 0 Å². The molecular formula is C14H19N3O. The van der Waals surface area contributed by atoms with Crippen molar-refractivity contribution in [2.75, 3.05) is 0 Å². The zero-order valence-electron chi connectivity index (χ0n) is 10.8. The quantitative estimate of drug-likeness (QED) is 0.849. The van der Waals surface area contributed by atoms with Gasteiger partial charge in [0.15, 0.2) is 0 Å². The molecule has 1 aromatic heterocycles. The van der Waals surface area contributed by atoms with Gasteiger partial charge in [0.25, 0.3) is 0 Å². The minimum atomic E-state index is 0.304. The molecule has 1 aromatic carbocycles. The number of phenols is 1. The molecule has 18 heavy (non-hydrogen) atoms. The second kappa shape index (κ2) is 5.69. The summed E-state index contributed by atoms with van der Waals surface area (Å²) in [6.07, 6.45) is 1.92. The van der Waals surface area contributed by atoms with Gasteiger partial charge in [0, 0.05) is 30.9 Å². The van der Waals surface area contributed by atoms with Crippen molar-refractivity contribution in [2.45, 2.75) is 33.5 Å². The van der Waals surface area contributed by atoms with Crippen molar-refractivity contribution in [3.05, 3.63) is 47.3 Å². The minimum absolute atomic E-state index is 0.304. The van der Waals surface area contributed by atoms with Crippen LogP contribution in [0.25, 0.3) is 0 Å². The Hall–Kier alpha value is -1.81. The molecule has 0 bridgehead atoms. The van der Waals surface area contributed by atoms with E-state index < -0.39 is 0 Å². The highest BCUT2D eigenvalue weighted by atomic mass is 16.3. The van der Waals surface area contributed by atoms with Crippen LogP contribution >= 0.6 is 0 Å². The molecule has 0 amide bonds. The van der Waals surface area contributed by atoms with Crippen molar-refractivity contribution in [1.82, 2.24) is 15.1 Å².